The third-order valence-corrected chi connectivity index (χ3v) is 2.43. The second-order valence-electron chi connectivity index (χ2n) is 5.12. The highest BCUT2D eigenvalue weighted by atomic mass is 16.6. The van der Waals surface area contributed by atoms with Gasteiger partial charge in [-0.15, -0.1) is 0 Å². The van der Waals surface area contributed by atoms with Crippen LogP contribution in [0.4, 0.5) is 0 Å². The van der Waals surface area contributed by atoms with E-state index in [2.05, 4.69) is 0 Å². The van der Waals surface area contributed by atoms with Gasteiger partial charge in [-0.1, -0.05) is 0 Å². The van der Waals surface area contributed by atoms with Gasteiger partial charge >= 0.3 is 0 Å². The number of hydrogen-bond acceptors (Lipinski definition) is 5. The summed E-state index contributed by atoms with van der Waals surface area (Å²) in [6.07, 6.45) is 0.0693. The largest absolute Gasteiger partial charge is 0.376 e. The van der Waals surface area contributed by atoms with Crippen molar-refractivity contribution in [3.8, 4) is 0 Å². The van der Waals surface area contributed by atoms with Crippen molar-refractivity contribution in [1.82, 2.24) is 4.90 Å². The van der Waals surface area contributed by atoms with Gasteiger partial charge < -0.3 is 20.3 Å². The van der Waals surface area contributed by atoms with E-state index in [-0.39, 0.29) is 11.7 Å². The highest BCUT2D eigenvalue weighted by Gasteiger charge is 2.27. The number of hydrogen-bond donors (Lipinski definition) is 2. The van der Waals surface area contributed by atoms with E-state index in [9.17, 15) is 5.11 Å². The van der Waals surface area contributed by atoms with Crippen LogP contribution in [-0.4, -0.2) is 54.4 Å². The van der Waals surface area contributed by atoms with Crippen LogP contribution in [0.2, 0.25) is 0 Å². The molecule has 0 bridgehead atoms. The van der Waals surface area contributed by atoms with Gasteiger partial charge in [0.05, 0.1) is 18.3 Å². The summed E-state index contributed by atoms with van der Waals surface area (Å²) < 4.78 is 11.0. The minimum atomic E-state index is -0.857. The van der Waals surface area contributed by atoms with Crippen LogP contribution in [-0.2, 0) is 9.47 Å². The molecule has 1 aliphatic heterocycles. The molecule has 5 nitrogen and oxygen atoms in total. The van der Waals surface area contributed by atoms with Crippen LogP contribution in [0, 0.1) is 0 Å². The molecule has 1 fully saturated rings. The standard InChI is InChI=1S/C11H24N2O3/c1-11(2,3)16-10(14)13-6-7-15-9(8-13)4-5-12/h9-10,14H,4-8,12H2,1-3H3/t9-,10-/m0/s1. The van der Waals surface area contributed by atoms with Gasteiger partial charge in [0.25, 0.3) is 0 Å². The van der Waals surface area contributed by atoms with E-state index < -0.39 is 6.41 Å². The van der Waals surface area contributed by atoms with Gasteiger partial charge in [0.15, 0.2) is 0 Å². The molecule has 16 heavy (non-hydrogen) atoms. The average molecular weight is 232 g/mol. The second-order valence-corrected chi connectivity index (χ2v) is 5.12. The fourth-order valence-corrected chi connectivity index (χ4v) is 1.69. The Morgan fingerprint density at radius 2 is 2.25 bits per heavy atom. The molecule has 3 N–H and O–H groups in total. The Morgan fingerprint density at radius 1 is 1.56 bits per heavy atom. The summed E-state index contributed by atoms with van der Waals surface area (Å²) in [5.41, 5.74) is 5.14. The highest BCUT2D eigenvalue weighted by molar-refractivity contribution is 4.72. The lowest BCUT2D eigenvalue weighted by molar-refractivity contribution is -0.255. The number of aliphatic hydroxyl groups excluding tert-OH is 1. The van der Waals surface area contributed by atoms with E-state index in [1.54, 1.807) is 0 Å². The Morgan fingerprint density at radius 3 is 2.81 bits per heavy atom. The zero-order valence-electron chi connectivity index (χ0n) is 10.5. The normalized spacial score (nSPS) is 25.7. The fourth-order valence-electron chi connectivity index (χ4n) is 1.69. The molecule has 1 saturated heterocycles. The molecule has 0 aromatic heterocycles. The topological polar surface area (TPSA) is 68.0 Å². The van der Waals surface area contributed by atoms with Crippen molar-refractivity contribution in [2.45, 2.75) is 45.3 Å². The number of rotatable bonds is 4. The third-order valence-electron chi connectivity index (χ3n) is 2.43. The summed E-state index contributed by atoms with van der Waals surface area (Å²) in [5.74, 6) is 0. The summed E-state index contributed by atoms with van der Waals surface area (Å²) in [5, 5.41) is 9.91. The van der Waals surface area contributed by atoms with Crippen molar-refractivity contribution in [3.63, 3.8) is 0 Å². The van der Waals surface area contributed by atoms with Crippen molar-refractivity contribution in [1.29, 1.82) is 0 Å². The van der Waals surface area contributed by atoms with E-state index >= 15 is 0 Å². The smallest absolute Gasteiger partial charge is 0.216 e. The monoisotopic (exact) mass is 232 g/mol. The van der Waals surface area contributed by atoms with Crippen LogP contribution in [0.25, 0.3) is 0 Å². The number of nitrogens with zero attached hydrogens (tertiary/aromatic N) is 1. The summed E-state index contributed by atoms with van der Waals surface area (Å²) in [6.45, 7) is 8.37. The average Bonchev–Trinajstić information content (AvgIpc) is 2.16. The summed E-state index contributed by atoms with van der Waals surface area (Å²) in [6, 6.07) is 0. The molecular formula is C11H24N2O3. The van der Waals surface area contributed by atoms with E-state index in [4.69, 9.17) is 15.2 Å². The fraction of sp³-hybridized carbons (Fsp3) is 1.00. The van der Waals surface area contributed by atoms with E-state index in [0.29, 0.717) is 26.2 Å². The zero-order chi connectivity index (χ0) is 12.2. The first-order valence-corrected chi connectivity index (χ1v) is 5.84. The molecule has 2 atom stereocenters. The van der Waals surface area contributed by atoms with Crippen molar-refractivity contribution < 1.29 is 14.6 Å². The molecule has 1 heterocycles. The Kier molecular flexibility index (Phi) is 5.14. The van der Waals surface area contributed by atoms with Crippen molar-refractivity contribution in [2.75, 3.05) is 26.2 Å². The third kappa shape index (κ3) is 4.76. The predicted octanol–water partition coefficient (Wildman–Crippen LogP) is 0.127. The van der Waals surface area contributed by atoms with Crippen molar-refractivity contribution >= 4 is 0 Å². The quantitative estimate of drug-likeness (QED) is 0.674. The molecule has 0 amide bonds. The maximum absolute atomic E-state index is 9.91. The lowest BCUT2D eigenvalue weighted by atomic mass is 10.2. The summed E-state index contributed by atoms with van der Waals surface area (Å²) >= 11 is 0. The molecule has 96 valence electrons. The van der Waals surface area contributed by atoms with Gasteiger partial charge in [-0.2, -0.15) is 0 Å². The molecule has 0 unspecified atom stereocenters. The van der Waals surface area contributed by atoms with Gasteiger partial charge in [-0.05, 0) is 33.7 Å². The van der Waals surface area contributed by atoms with Crippen molar-refractivity contribution in [3.05, 3.63) is 0 Å². The minimum Gasteiger partial charge on any atom is -0.376 e. The van der Waals surface area contributed by atoms with Crippen LogP contribution >= 0.6 is 0 Å². The van der Waals surface area contributed by atoms with Gasteiger partial charge in [-0.3, -0.25) is 4.90 Å². The van der Waals surface area contributed by atoms with Crippen LogP contribution in [0.15, 0.2) is 0 Å². The number of ether oxygens (including phenoxy) is 2. The SMILES string of the molecule is CC(C)(C)O[C@H](O)N1CCO[C@@H](CCN)C1. The lowest BCUT2D eigenvalue weighted by Gasteiger charge is -2.37. The second kappa shape index (κ2) is 5.93. The summed E-state index contributed by atoms with van der Waals surface area (Å²) in [4.78, 5) is 1.88. The van der Waals surface area contributed by atoms with Gasteiger partial charge in [-0.25, -0.2) is 0 Å². The highest BCUT2D eigenvalue weighted by Crippen LogP contribution is 2.16. The van der Waals surface area contributed by atoms with Crippen LogP contribution in [0.1, 0.15) is 27.2 Å². The zero-order valence-corrected chi connectivity index (χ0v) is 10.5. The first-order chi connectivity index (χ1) is 7.42. The van der Waals surface area contributed by atoms with Gasteiger partial charge in [0.2, 0.25) is 6.41 Å². The molecule has 0 aromatic carbocycles. The Bertz CT molecular complexity index is 204. The Labute approximate surface area is 97.5 Å². The lowest BCUT2D eigenvalue weighted by Crippen LogP contribution is -2.50. The molecule has 1 aliphatic rings. The maximum atomic E-state index is 9.91. The van der Waals surface area contributed by atoms with Gasteiger partial charge in [0.1, 0.15) is 0 Å². The number of morpholine rings is 1. The first kappa shape index (κ1) is 13.9. The number of nitrogens with two attached hydrogens (primary N) is 1. The molecule has 0 aromatic rings. The number of aliphatic hydroxyl groups is 1. The summed E-state index contributed by atoms with van der Waals surface area (Å²) in [7, 11) is 0. The van der Waals surface area contributed by atoms with E-state index in [1.807, 2.05) is 25.7 Å². The molecule has 0 saturated carbocycles. The van der Waals surface area contributed by atoms with Crippen molar-refractivity contribution in [2.24, 2.45) is 5.73 Å². The molecule has 5 heteroatoms. The predicted molar refractivity (Wildman–Crippen MR) is 61.8 cm³/mol. The molecule has 1 rings (SSSR count). The maximum Gasteiger partial charge on any atom is 0.216 e. The van der Waals surface area contributed by atoms with E-state index in [1.165, 1.54) is 0 Å². The molecule has 0 radical (unpaired) electrons. The Balaban J connectivity index is 2.40. The van der Waals surface area contributed by atoms with Crippen LogP contribution in [0.5, 0.6) is 0 Å². The first-order valence-electron chi connectivity index (χ1n) is 5.84. The molecular weight excluding hydrogens is 208 g/mol. The molecule has 0 spiro atoms. The Hall–Kier alpha value is -0.200. The van der Waals surface area contributed by atoms with Crippen LogP contribution in [0.3, 0.4) is 0 Å². The minimum absolute atomic E-state index is 0.108. The van der Waals surface area contributed by atoms with Gasteiger partial charge in [0, 0.05) is 13.1 Å². The van der Waals surface area contributed by atoms with E-state index in [0.717, 1.165) is 6.42 Å². The molecule has 0 aliphatic carbocycles. The van der Waals surface area contributed by atoms with Crippen LogP contribution < -0.4 is 5.73 Å².